The van der Waals surface area contributed by atoms with Gasteiger partial charge in [0.25, 0.3) is 0 Å². The zero-order valence-electron chi connectivity index (χ0n) is 13.6. The third-order valence-corrected chi connectivity index (χ3v) is 4.55. The number of hydrogen-bond acceptors (Lipinski definition) is 3. The van der Waals surface area contributed by atoms with Gasteiger partial charge in [0, 0.05) is 27.5 Å². The van der Waals surface area contributed by atoms with Crippen molar-refractivity contribution < 1.29 is 0 Å². The Morgan fingerprint density at radius 2 is 2.13 bits per heavy atom. The van der Waals surface area contributed by atoms with E-state index >= 15 is 0 Å². The molecule has 0 aliphatic rings. The van der Waals surface area contributed by atoms with Gasteiger partial charge in [-0.05, 0) is 26.8 Å². The molecular weight excluding hydrogens is 304 g/mol. The summed E-state index contributed by atoms with van der Waals surface area (Å²) in [5.41, 5.74) is 5.47. The minimum absolute atomic E-state index is 0.627. The Labute approximate surface area is 139 Å². The lowest BCUT2D eigenvalue weighted by Crippen LogP contribution is -2.13. The molecule has 0 aliphatic heterocycles. The van der Waals surface area contributed by atoms with Crippen LogP contribution in [-0.2, 0) is 0 Å². The van der Waals surface area contributed by atoms with Crippen LogP contribution in [0.2, 0.25) is 0 Å². The molecular formula is C18H20N4S. The number of nitrogens with zero attached hydrogens (tertiary/aromatic N) is 3. The Balaban J connectivity index is 2.03. The minimum atomic E-state index is 0.627. The number of aromatic amines is 1. The predicted octanol–water partition coefficient (Wildman–Crippen LogP) is 4.01. The van der Waals surface area contributed by atoms with Gasteiger partial charge in [-0.3, -0.25) is 4.99 Å². The normalized spacial score (nSPS) is 12.6. The quantitative estimate of drug-likeness (QED) is 0.557. The maximum Gasteiger partial charge on any atom is 0.206 e. The SMILES string of the molecule is C=C(C)CN=c1scc(C)n1N=Cc1c(C)[nH]c2ccccc12. The second kappa shape index (κ2) is 6.38. The largest absolute Gasteiger partial charge is 0.358 e. The lowest BCUT2D eigenvalue weighted by molar-refractivity contribution is 0.796. The number of nitrogens with one attached hydrogen (secondary N) is 1. The molecule has 0 amide bonds. The third kappa shape index (κ3) is 3.19. The van der Waals surface area contributed by atoms with Gasteiger partial charge in [0.15, 0.2) is 0 Å². The fourth-order valence-electron chi connectivity index (χ4n) is 2.42. The van der Waals surface area contributed by atoms with Crippen LogP contribution in [0.15, 0.2) is 51.9 Å². The minimum Gasteiger partial charge on any atom is -0.358 e. The number of hydrogen-bond donors (Lipinski definition) is 1. The molecule has 0 aliphatic carbocycles. The van der Waals surface area contributed by atoms with E-state index in [1.54, 1.807) is 11.3 Å². The zero-order valence-corrected chi connectivity index (χ0v) is 14.4. The van der Waals surface area contributed by atoms with E-state index in [1.165, 1.54) is 5.39 Å². The second-order valence-electron chi connectivity index (χ2n) is 5.70. The molecule has 5 heteroatoms. The molecule has 2 heterocycles. The topological polar surface area (TPSA) is 45.4 Å². The van der Waals surface area contributed by atoms with E-state index in [-0.39, 0.29) is 0 Å². The number of thiazole rings is 1. The first-order chi connectivity index (χ1) is 11.1. The van der Waals surface area contributed by atoms with Crippen molar-refractivity contribution in [1.82, 2.24) is 9.66 Å². The molecule has 2 aromatic heterocycles. The predicted molar refractivity (Wildman–Crippen MR) is 98.3 cm³/mol. The van der Waals surface area contributed by atoms with Crippen LogP contribution in [0.25, 0.3) is 10.9 Å². The zero-order chi connectivity index (χ0) is 16.4. The van der Waals surface area contributed by atoms with Gasteiger partial charge in [0.2, 0.25) is 4.80 Å². The highest BCUT2D eigenvalue weighted by Crippen LogP contribution is 2.20. The lowest BCUT2D eigenvalue weighted by atomic mass is 10.1. The molecule has 1 N–H and O–H groups in total. The highest BCUT2D eigenvalue weighted by Gasteiger charge is 2.06. The molecule has 0 unspecified atom stereocenters. The third-order valence-electron chi connectivity index (χ3n) is 3.58. The van der Waals surface area contributed by atoms with E-state index in [0.717, 1.165) is 32.8 Å². The van der Waals surface area contributed by atoms with Gasteiger partial charge in [0.05, 0.1) is 18.5 Å². The Hall–Kier alpha value is -2.40. The van der Waals surface area contributed by atoms with Crippen LogP contribution in [0, 0.1) is 13.8 Å². The van der Waals surface area contributed by atoms with Crippen LogP contribution in [0.5, 0.6) is 0 Å². The van der Waals surface area contributed by atoms with Crippen molar-refractivity contribution >= 4 is 28.5 Å². The smallest absolute Gasteiger partial charge is 0.206 e. The molecule has 23 heavy (non-hydrogen) atoms. The van der Waals surface area contributed by atoms with Gasteiger partial charge in [0.1, 0.15) is 0 Å². The fourth-order valence-corrected chi connectivity index (χ4v) is 3.22. The van der Waals surface area contributed by atoms with Crippen molar-refractivity contribution in [2.75, 3.05) is 6.54 Å². The molecule has 0 saturated heterocycles. The first-order valence-corrected chi connectivity index (χ1v) is 8.38. The van der Waals surface area contributed by atoms with Crippen molar-refractivity contribution in [1.29, 1.82) is 0 Å². The fraction of sp³-hybridized carbons (Fsp3) is 0.222. The van der Waals surface area contributed by atoms with Gasteiger partial charge >= 0.3 is 0 Å². The summed E-state index contributed by atoms with van der Waals surface area (Å²) in [5, 5.41) is 7.90. The number of benzene rings is 1. The number of H-pyrrole nitrogens is 1. The van der Waals surface area contributed by atoms with Crippen LogP contribution in [-0.4, -0.2) is 22.4 Å². The number of aromatic nitrogens is 2. The Morgan fingerprint density at radius 1 is 1.35 bits per heavy atom. The highest BCUT2D eigenvalue weighted by atomic mass is 32.1. The lowest BCUT2D eigenvalue weighted by Gasteiger charge is -1.98. The van der Waals surface area contributed by atoms with E-state index in [2.05, 4.69) is 46.1 Å². The second-order valence-corrected chi connectivity index (χ2v) is 6.54. The van der Waals surface area contributed by atoms with Crippen LogP contribution in [0.4, 0.5) is 0 Å². The Kier molecular flexibility index (Phi) is 4.30. The molecule has 0 saturated carbocycles. The summed E-state index contributed by atoms with van der Waals surface area (Å²) in [5.74, 6) is 0. The maximum atomic E-state index is 4.66. The van der Waals surface area contributed by atoms with E-state index in [0.29, 0.717) is 6.54 Å². The summed E-state index contributed by atoms with van der Waals surface area (Å²) < 4.78 is 1.88. The molecule has 3 aromatic rings. The summed E-state index contributed by atoms with van der Waals surface area (Å²) in [6.07, 6.45) is 1.91. The maximum absolute atomic E-state index is 4.66. The van der Waals surface area contributed by atoms with Crippen molar-refractivity contribution in [3.8, 4) is 0 Å². The Morgan fingerprint density at radius 3 is 2.91 bits per heavy atom. The summed E-state index contributed by atoms with van der Waals surface area (Å²) in [4.78, 5) is 8.85. The molecule has 3 rings (SSSR count). The van der Waals surface area contributed by atoms with Crippen LogP contribution >= 0.6 is 11.3 Å². The number of rotatable bonds is 4. The molecule has 1 aromatic carbocycles. The van der Waals surface area contributed by atoms with Gasteiger partial charge in [-0.1, -0.05) is 30.4 Å². The van der Waals surface area contributed by atoms with Crippen molar-refractivity contribution in [2.24, 2.45) is 10.1 Å². The highest BCUT2D eigenvalue weighted by molar-refractivity contribution is 7.07. The average Bonchev–Trinajstić information content (AvgIpc) is 3.03. The van der Waals surface area contributed by atoms with Crippen molar-refractivity contribution in [3.05, 3.63) is 63.6 Å². The van der Waals surface area contributed by atoms with E-state index in [4.69, 9.17) is 0 Å². The monoisotopic (exact) mass is 324 g/mol. The summed E-state index contributed by atoms with van der Waals surface area (Å²) in [7, 11) is 0. The van der Waals surface area contributed by atoms with E-state index in [9.17, 15) is 0 Å². The van der Waals surface area contributed by atoms with Gasteiger partial charge in [-0.15, -0.1) is 11.3 Å². The molecule has 0 spiro atoms. The number of aryl methyl sites for hydroxylation is 2. The van der Waals surface area contributed by atoms with Crippen LogP contribution in [0.3, 0.4) is 0 Å². The standard InChI is InChI=1S/C18H20N4S/c1-12(2)9-19-18-22(13(3)11-23-18)20-10-16-14(4)21-17-8-6-5-7-15(16)17/h5-8,10-11,21H,1,9H2,2-4H3. The van der Waals surface area contributed by atoms with Gasteiger partial charge in [-0.25, -0.2) is 4.68 Å². The van der Waals surface area contributed by atoms with Gasteiger partial charge in [-0.2, -0.15) is 5.10 Å². The van der Waals surface area contributed by atoms with E-state index < -0.39 is 0 Å². The number of para-hydroxylation sites is 1. The van der Waals surface area contributed by atoms with Crippen molar-refractivity contribution in [2.45, 2.75) is 20.8 Å². The summed E-state index contributed by atoms with van der Waals surface area (Å²) in [6, 6.07) is 8.27. The molecule has 118 valence electrons. The molecule has 4 nitrogen and oxygen atoms in total. The first-order valence-electron chi connectivity index (χ1n) is 7.50. The average molecular weight is 324 g/mol. The molecule has 0 bridgehead atoms. The van der Waals surface area contributed by atoms with E-state index in [1.807, 2.05) is 36.9 Å². The Bertz CT molecular complexity index is 953. The number of fused-ring (bicyclic) bond motifs is 1. The van der Waals surface area contributed by atoms with Crippen molar-refractivity contribution in [3.63, 3.8) is 0 Å². The molecule has 0 fully saturated rings. The molecule has 0 radical (unpaired) electrons. The van der Waals surface area contributed by atoms with Crippen LogP contribution in [0.1, 0.15) is 23.9 Å². The van der Waals surface area contributed by atoms with Crippen LogP contribution < -0.4 is 4.80 Å². The van der Waals surface area contributed by atoms with Gasteiger partial charge < -0.3 is 4.98 Å². The summed E-state index contributed by atoms with van der Waals surface area (Å²) in [6.45, 7) is 10.6. The molecule has 0 atom stereocenters. The first kappa shape index (κ1) is 15.5. The summed E-state index contributed by atoms with van der Waals surface area (Å²) >= 11 is 1.60.